The number of aliphatic hydroxyl groups excluding tert-OH is 1. The Balaban J connectivity index is 4.65. The fourth-order valence-corrected chi connectivity index (χ4v) is 8.51. The number of hydrogen-bond donors (Lipinski definition) is 4. The van der Waals surface area contributed by atoms with Gasteiger partial charge in [-0.05, 0) is 60.8 Å². The third-order valence-electron chi connectivity index (χ3n) is 11.6. The van der Waals surface area contributed by atoms with E-state index < -0.39 is 28.9 Å². The maximum absolute atomic E-state index is 13.3. The molecule has 0 aliphatic carbocycles. The first kappa shape index (κ1) is 58.1. The smallest absolute Gasteiger partial charge is 0.407 e. The summed E-state index contributed by atoms with van der Waals surface area (Å²) in [4.78, 5) is 39.3. The zero-order valence-corrected chi connectivity index (χ0v) is 41.0. The molecule has 0 bridgehead atoms. The van der Waals surface area contributed by atoms with E-state index in [1.54, 1.807) is 0 Å². The zero-order valence-electron chi connectivity index (χ0n) is 41.0. The van der Waals surface area contributed by atoms with Gasteiger partial charge in [-0.25, -0.2) is 4.79 Å². The van der Waals surface area contributed by atoms with Gasteiger partial charge in [0.25, 0.3) is 0 Å². The maximum atomic E-state index is 13.3. The van der Waals surface area contributed by atoms with Crippen LogP contribution >= 0.6 is 0 Å². The van der Waals surface area contributed by atoms with Gasteiger partial charge in [0.15, 0.2) is 0 Å². The maximum Gasteiger partial charge on any atom is 0.407 e. The van der Waals surface area contributed by atoms with E-state index in [9.17, 15) is 19.5 Å². The summed E-state index contributed by atoms with van der Waals surface area (Å²) >= 11 is 0. The topological polar surface area (TPSA) is 126 Å². The molecule has 1 atom stereocenters. The monoisotopic (exact) mass is 852 g/mol. The van der Waals surface area contributed by atoms with Crippen LogP contribution in [-0.2, 0) is 19.1 Å². The van der Waals surface area contributed by atoms with E-state index in [0.717, 1.165) is 38.5 Å². The van der Waals surface area contributed by atoms with Crippen LogP contribution in [0.2, 0.25) is 0 Å². The first-order valence-corrected chi connectivity index (χ1v) is 25.5. The van der Waals surface area contributed by atoms with Gasteiger partial charge in [0.1, 0.15) is 12.6 Å². The van der Waals surface area contributed by atoms with Gasteiger partial charge in [-0.3, -0.25) is 9.59 Å². The fourth-order valence-electron chi connectivity index (χ4n) is 8.51. The molecule has 0 aromatic rings. The van der Waals surface area contributed by atoms with Crippen molar-refractivity contribution in [2.24, 2.45) is 0 Å². The Morgan fingerprint density at radius 2 is 0.883 bits per heavy atom. The molecule has 4 N–H and O–H groups in total. The quantitative estimate of drug-likeness (QED) is 0.0453. The summed E-state index contributed by atoms with van der Waals surface area (Å²) in [6, 6.07) is -0.964. The highest BCUT2D eigenvalue weighted by molar-refractivity contribution is 5.88. The van der Waals surface area contributed by atoms with Gasteiger partial charge in [-0.2, -0.15) is 0 Å². The summed E-state index contributed by atoms with van der Waals surface area (Å²) in [6.07, 6.45) is 39.7. The summed E-state index contributed by atoms with van der Waals surface area (Å²) in [5.41, 5.74) is -2.07. The molecular weight excluding hydrogens is 751 g/mol. The van der Waals surface area contributed by atoms with E-state index >= 15 is 0 Å². The lowest BCUT2D eigenvalue weighted by molar-refractivity contribution is -0.150. The standard InChI is InChI=1S/C51H101N3O6/c1-9-11-13-15-17-19-21-23-25-27-29-31-33-35-37-39-41-52-47(57)45(42-59-48(58)54-49(3,4)43-50(5,6)60-51(7,8)44-55)53-46(56)40-38-36-34-32-30-28-26-24-22-20-18-16-14-12-10-2/h45,55H,9-44H2,1-8H3,(H,52,57)(H,53,56)(H,54,58). The van der Waals surface area contributed by atoms with Crippen molar-refractivity contribution in [1.29, 1.82) is 0 Å². The third kappa shape index (κ3) is 37.9. The number of hydrogen-bond acceptors (Lipinski definition) is 6. The third-order valence-corrected chi connectivity index (χ3v) is 11.6. The number of nitrogens with one attached hydrogen (secondary N) is 3. The predicted octanol–water partition coefficient (Wildman–Crippen LogP) is 13.6. The van der Waals surface area contributed by atoms with Gasteiger partial charge in [0, 0.05) is 18.5 Å². The van der Waals surface area contributed by atoms with E-state index in [1.807, 2.05) is 41.5 Å². The van der Waals surface area contributed by atoms with E-state index in [-0.39, 0.29) is 25.0 Å². The summed E-state index contributed by atoms with van der Waals surface area (Å²) in [7, 11) is 0. The van der Waals surface area contributed by atoms with E-state index in [0.29, 0.717) is 19.4 Å². The number of amides is 3. The predicted molar refractivity (Wildman–Crippen MR) is 254 cm³/mol. The van der Waals surface area contributed by atoms with Crippen molar-refractivity contribution in [2.45, 2.75) is 290 Å². The molecule has 0 fully saturated rings. The van der Waals surface area contributed by atoms with Gasteiger partial charge >= 0.3 is 6.09 Å². The summed E-state index contributed by atoms with van der Waals surface area (Å²) in [5, 5.41) is 18.4. The van der Waals surface area contributed by atoms with Crippen molar-refractivity contribution < 1.29 is 29.0 Å². The number of unbranched alkanes of at least 4 members (excludes halogenated alkanes) is 29. The molecule has 0 spiro atoms. The number of rotatable bonds is 43. The normalized spacial score (nSPS) is 12.7. The number of carbonyl (C=O) groups is 3. The molecule has 0 rings (SSSR count). The van der Waals surface area contributed by atoms with Gasteiger partial charge in [0.05, 0.1) is 17.8 Å². The number of carbonyl (C=O) groups excluding carboxylic acids is 3. The molecule has 0 heterocycles. The van der Waals surface area contributed by atoms with Gasteiger partial charge in [-0.15, -0.1) is 0 Å². The van der Waals surface area contributed by atoms with Crippen LogP contribution in [0.4, 0.5) is 4.79 Å². The van der Waals surface area contributed by atoms with Crippen molar-refractivity contribution in [3.63, 3.8) is 0 Å². The van der Waals surface area contributed by atoms with Gasteiger partial charge < -0.3 is 30.5 Å². The van der Waals surface area contributed by atoms with Crippen LogP contribution in [0.1, 0.15) is 267 Å². The zero-order chi connectivity index (χ0) is 44.8. The van der Waals surface area contributed by atoms with E-state index in [1.165, 1.54) is 161 Å². The van der Waals surface area contributed by atoms with Crippen molar-refractivity contribution in [1.82, 2.24) is 16.0 Å². The van der Waals surface area contributed by atoms with E-state index in [2.05, 4.69) is 29.8 Å². The van der Waals surface area contributed by atoms with E-state index in [4.69, 9.17) is 9.47 Å². The van der Waals surface area contributed by atoms with Crippen molar-refractivity contribution in [3.8, 4) is 0 Å². The largest absolute Gasteiger partial charge is 0.447 e. The first-order chi connectivity index (χ1) is 28.7. The molecule has 9 nitrogen and oxygen atoms in total. The van der Waals surface area contributed by atoms with Crippen LogP contribution in [0, 0.1) is 0 Å². The Kier molecular flexibility index (Phi) is 36.5. The van der Waals surface area contributed by atoms with Crippen LogP contribution in [0.5, 0.6) is 0 Å². The van der Waals surface area contributed by atoms with Crippen LogP contribution in [-0.4, -0.2) is 65.6 Å². The molecular formula is C51H101N3O6. The lowest BCUT2D eigenvalue weighted by Gasteiger charge is -2.40. The molecule has 0 aliphatic rings. The Labute approximate surface area is 371 Å². The minimum Gasteiger partial charge on any atom is -0.447 e. The highest BCUT2D eigenvalue weighted by Crippen LogP contribution is 2.28. The summed E-state index contributed by atoms with van der Waals surface area (Å²) < 4.78 is 11.7. The number of aliphatic hydroxyl groups is 1. The number of alkyl carbamates (subject to hydrolysis) is 1. The molecule has 0 aromatic heterocycles. The Morgan fingerprint density at radius 1 is 0.517 bits per heavy atom. The average Bonchev–Trinajstić information content (AvgIpc) is 3.17. The summed E-state index contributed by atoms with van der Waals surface area (Å²) in [6.45, 7) is 15.9. The molecule has 9 heteroatoms. The van der Waals surface area contributed by atoms with Crippen molar-refractivity contribution in [3.05, 3.63) is 0 Å². The molecule has 0 aliphatic heterocycles. The molecule has 0 radical (unpaired) electrons. The molecule has 60 heavy (non-hydrogen) atoms. The second-order valence-electron chi connectivity index (χ2n) is 20.0. The van der Waals surface area contributed by atoms with Crippen molar-refractivity contribution >= 4 is 17.9 Å². The summed E-state index contributed by atoms with van der Waals surface area (Å²) in [5.74, 6) is -0.518. The molecule has 0 saturated heterocycles. The first-order valence-electron chi connectivity index (χ1n) is 25.5. The minimum atomic E-state index is -0.964. The molecule has 3 amide bonds. The second-order valence-corrected chi connectivity index (χ2v) is 20.0. The van der Waals surface area contributed by atoms with Crippen LogP contribution < -0.4 is 16.0 Å². The lowest BCUT2D eigenvalue weighted by Crippen LogP contribution is -2.53. The minimum absolute atomic E-state index is 0.125. The van der Waals surface area contributed by atoms with Crippen LogP contribution in [0.15, 0.2) is 0 Å². The van der Waals surface area contributed by atoms with Crippen LogP contribution in [0.25, 0.3) is 0 Å². The second kappa shape index (κ2) is 37.7. The van der Waals surface area contributed by atoms with Gasteiger partial charge in [-0.1, -0.05) is 200 Å². The molecule has 356 valence electrons. The Hall–Kier alpha value is -1.87. The lowest BCUT2D eigenvalue weighted by atomic mass is 9.88. The van der Waals surface area contributed by atoms with Crippen molar-refractivity contribution in [2.75, 3.05) is 19.8 Å². The fraction of sp³-hybridized carbons (Fsp3) is 0.941. The SMILES string of the molecule is CCCCCCCCCCCCCCCCCCNC(=O)C(COC(=O)NC(C)(C)CC(C)(C)OC(C)(C)CO)NC(=O)CCCCCCCCCCCCCCCCC. The number of ether oxygens (including phenoxy) is 2. The Morgan fingerprint density at radius 3 is 1.27 bits per heavy atom. The van der Waals surface area contributed by atoms with Crippen LogP contribution in [0.3, 0.4) is 0 Å². The average molecular weight is 852 g/mol. The highest BCUT2D eigenvalue weighted by atomic mass is 16.6. The Bertz CT molecular complexity index is 1030. The molecule has 0 aromatic carbocycles. The molecule has 1 unspecified atom stereocenters. The van der Waals surface area contributed by atoms with Gasteiger partial charge in [0.2, 0.25) is 11.8 Å². The molecule has 0 saturated carbocycles. The highest BCUT2D eigenvalue weighted by Gasteiger charge is 2.35.